The van der Waals surface area contributed by atoms with Crippen LogP contribution in [-0.2, 0) is 0 Å². The third-order valence-corrected chi connectivity index (χ3v) is 7.70. The average Bonchev–Trinajstić information content (AvgIpc) is 3.71. The molecule has 2 aromatic heterocycles. The van der Waals surface area contributed by atoms with E-state index >= 15 is 0 Å². The fourth-order valence-electron chi connectivity index (χ4n) is 5.49. The Labute approximate surface area is 221 Å². The van der Waals surface area contributed by atoms with E-state index in [1.165, 1.54) is 0 Å². The minimum Gasteiger partial charge on any atom is -0.493 e. The molecule has 2 amide bonds. The summed E-state index contributed by atoms with van der Waals surface area (Å²) >= 11 is 0. The second kappa shape index (κ2) is 9.79. The summed E-state index contributed by atoms with van der Waals surface area (Å²) in [6.45, 7) is 2.62. The number of likely N-dealkylation sites (tertiary alicyclic amines) is 2. The van der Waals surface area contributed by atoms with Crippen molar-refractivity contribution in [1.29, 1.82) is 0 Å². The van der Waals surface area contributed by atoms with Crippen LogP contribution < -0.4 is 4.74 Å². The lowest BCUT2D eigenvalue weighted by atomic mass is 9.77. The molecule has 4 aromatic rings. The molecule has 6 rings (SSSR count). The number of para-hydroxylation sites is 1. The Hall–Kier alpha value is -4.44. The van der Waals surface area contributed by atoms with Crippen molar-refractivity contribution < 1.29 is 23.2 Å². The molecular weight excluding hydrogens is 480 g/mol. The third-order valence-electron chi connectivity index (χ3n) is 7.70. The van der Waals surface area contributed by atoms with E-state index in [1.807, 2.05) is 58.3 Å². The molecule has 0 bridgehead atoms. The summed E-state index contributed by atoms with van der Waals surface area (Å²) in [5, 5.41) is 0.846. The van der Waals surface area contributed by atoms with Crippen molar-refractivity contribution in [1.82, 2.24) is 9.80 Å². The Morgan fingerprint density at radius 1 is 0.816 bits per heavy atom. The van der Waals surface area contributed by atoms with Crippen LogP contribution in [0.4, 0.5) is 0 Å². The number of hydrogen-bond acceptors (Lipinski definition) is 5. The fraction of sp³-hybridized carbons (Fsp3) is 0.290. The van der Waals surface area contributed by atoms with Crippen LogP contribution in [0.25, 0.3) is 11.0 Å². The Morgan fingerprint density at radius 2 is 1.55 bits per heavy atom. The normalized spacial score (nSPS) is 16.4. The molecule has 0 radical (unpaired) electrons. The monoisotopic (exact) mass is 508 g/mol. The maximum atomic E-state index is 13.2. The van der Waals surface area contributed by atoms with E-state index in [4.69, 9.17) is 13.6 Å². The molecule has 0 aliphatic carbocycles. The van der Waals surface area contributed by atoms with Gasteiger partial charge >= 0.3 is 0 Å². The topological polar surface area (TPSA) is 76.1 Å². The molecule has 0 saturated carbocycles. The van der Waals surface area contributed by atoms with Crippen molar-refractivity contribution in [2.24, 2.45) is 5.41 Å². The molecule has 7 nitrogen and oxygen atoms in total. The molecule has 2 aliphatic heterocycles. The van der Waals surface area contributed by atoms with Gasteiger partial charge < -0.3 is 23.4 Å². The first-order valence-electron chi connectivity index (χ1n) is 12.9. The van der Waals surface area contributed by atoms with Crippen LogP contribution >= 0.6 is 0 Å². The average molecular weight is 509 g/mol. The molecule has 192 valence electrons. The highest BCUT2D eigenvalue weighted by Crippen LogP contribution is 2.41. The number of rotatable bonds is 3. The fourth-order valence-corrected chi connectivity index (χ4v) is 5.49. The molecule has 0 N–H and O–H groups in total. The van der Waals surface area contributed by atoms with Crippen LogP contribution in [0.5, 0.6) is 5.75 Å². The standard InChI is InChI=1S/C31H28N2O5/c1-36-25-9-5-8-23-20-27(38-28(23)25)30(35)32-17-14-31(15-18-32)16-19-33(21-31)29(34)26-13-12-24(37-26)11-10-22-6-3-2-4-7-22/h2-9,12-13,20H,14-19,21H2,1H3. The van der Waals surface area contributed by atoms with Crippen LogP contribution in [-0.4, -0.2) is 54.9 Å². The van der Waals surface area contributed by atoms with Crippen LogP contribution in [0.1, 0.15) is 51.7 Å². The van der Waals surface area contributed by atoms with Crippen molar-refractivity contribution in [2.45, 2.75) is 19.3 Å². The molecular formula is C31H28N2O5. The molecule has 2 aromatic carbocycles. The van der Waals surface area contributed by atoms with E-state index in [2.05, 4.69) is 11.8 Å². The Kier molecular flexibility index (Phi) is 6.16. The minimum atomic E-state index is -0.108. The van der Waals surface area contributed by atoms with Gasteiger partial charge in [-0.2, -0.15) is 0 Å². The van der Waals surface area contributed by atoms with Gasteiger partial charge in [-0.15, -0.1) is 0 Å². The van der Waals surface area contributed by atoms with Gasteiger partial charge in [0.2, 0.25) is 0 Å². The van der Waals surface area contributed by atoms with Gasteiger partial charge in [-0.05, 0) is 67.0 Å². The summed E-state index contributed by atoms with van der Waals surface area (Å²) in [5.41, 5.74) is 1.50. The maximum Gasteiger partial charge on any atom is 0.289 e. The summed E-state index contributed by atoms with van der Waals surface area (Å²) in [5.74, 6) is 7.55. The Bertz CT molecular complexity index is 1550. The van der Waals surface area contributed by atoms with Crippen LogP contribution in [0.2, 0.25) is 0 Å². The number of hydrogen-bond donors (Lipinski definition) is 0. The number of methoxy groups -OCH3 is 1. The van der Waals surface area contributed by atoms with Crippen molar-refractivity contribution in [3.8, 4) is 17.6 Å². The van der Waals surface area contributed by atoms with Crippen LogP contribution in [0.3, 0.4) is 0 Å². The molecule has 0 atom stereocenters. The van der Waals surface area contributed by atoms with Crippen molar-refractivity contribution in [3.63, 3.8) is 0 Å². The number of piperidine rings is 1. The minimum absolute atomic E-state index is 0.0199. The van der Waals surface area contributed by atoms with Gasteiger partial charge in [0.25, 0.3) is 11.8 Å². The highest BCUT2D eigenvalue weighted by molar-refractivity contribution is 5.97. The molecule has 2 saturated heterocycles. The number of carbonyl (C=O) groups is 2. The van der Waals surface area contributed by atoms with E-state index in [0.717, 1.165) is 30.2 Å². The summed E-state index contributed by atoms with van der Waals surface area (Å²) in [7, 11) is 1.59. The van der Waals surface area contributed by atoms with Crippen LogP contribution in [0, 0.1) is 17.3 Å². The first-order chi connectivity index (χ1) is 18.5. The molecule has 38 heavy (non-hydrogen) atoms. The zero-order valence-electron chi connectivity index (χ0n) is 21.2. The number of furan rings is 2. The van der Waals surface area contributed by atoms with Crippen molar-refractivity contribution >= 4 is 22.8 Å². The lowest BCUT2D eigenvalue weighted by Crippen LogP contribution is -2.44. The first-order valence-corrected chi connectivity index (χ1v) is 12.9. The smallest absolute Gasteiger partial charge is 0.289 e. The van der Waals surface area contributed by atoms with Crippen LogP contribution in [0.15, 0.2) is 75.6 Å². The van der Waals surface area contributed by atoms with E-state index in [1.54, 1.807) is 25.3 Å². The highest BCUT2D eigenvalue weighted by atomic mass is 16.5. The van der Waals surface area contributed by atoms with Gasteiger partial charge in [0.15, 0.2) is 28.6 Å². The van der Waals surface area contributed by atoms with E-state index < -0.39 is 0 Å². The largest absolute Gasteiger partial charge is 0.493 e. The SMILES string of the molecule is COc1cccc2cc(C(=O)N3CCC4(CCN(C(=O)c5ccc(C#Cc6ccccc6)o5)C4)CC3)oc12. The predicted molar refractivity (Wildman–Crippen MR) is 142 cm³/mol. The number of amides is 2. The zero-order valence-corrected chi connectivity index (χ0v) is 21.2. The summed E-state index contributed by atoms with van der Waals surface area (Å²) in [6, 6.07) is 20.5. The maximum absolute atomic E-state index is 13.2. The molecule has 2 fully saturated rings. The lowest BCUT2D eigenvalue weighted by molar-refractivity contribution is 0.0537. The predicted octanol–water partition coefficient (Wildman–Crippen LogP) is 5.20. The van der Waals surface area contributed by atoms with Crippen molar-refractivity contribution in [2.75, 3.05) is 33.3 Å². The van der Waals surface area contributed by atoms with Gasteiger partial charge in [-0.25, -0.2) is 0 Å². The quantitative estimate of drug-likeness (QED) is 0.356. The second-order valence-corrected chi connectivity index (χ2v) is 10.0. The summed E-state index contributed by atoms with van der Waals surface area (Å²) < 4.78 is 17.0. The zero-order chi connectivity index (χ0) is 26.1. The number of carbonyl (C=O) groups excluding carboxylic acids is 2. The van der Waals surface area contributed by atoms with E-state index in [9.17, 15) is 9.59 Å². The molecule has 7 heteroatoms. The Balaban J connectivity index is 1.07. The Morgan fingerprint density at radius 3 is 2.32 bits per heavy atom. The molecule has 4 heterocycles. The van der Waals surface area contributed by atoms with Gasteiger partial charge in [-0.1, -0.05) is 36.3 Å². The molecule has 1 spiro atoms. The van der Waals surface area contributed by atoms with E-state index in [-0.39, 0.29) is 17.2 Å². The number of nitrogens with zero attached hydrogens (tertiary/aromatic N) is 2. The second-order valence-electron chi connectivity index (χ2n) is 10.0. The van der Waals surface area contributed by atoms with Crippen molar-refractivity contribution in [3.05, 3.63) is 89.6 Å². The van der Waals surface area contributed by atoms with Gasteiger partial charge in [0.1, 0.15) is 0 Å². The molecule has 2 aliphatic rings. The summed E-state index contributed by atoms with van der Waals surface area (Å²) in [4.78, 5) is 30.1. The highest BCUT2D eigenvalue weighted by Gasteiger charge is 2.43. The number of ether oxygens (including phenoxy) is 1. The lowest BCUT2D eigenvalue weighted by Gasteiger charge is -2.38. The van der Waals surface area contributed by atoms with E-state index in [0.29, 0.717) is 54.8 Å². The van der Waals surface area contributed by atoms with Gasteiger partial charge in [0, 0.05) is 37.1 Å². The third kappa shape index (κ3) is 4.54. The van der Waals surface area contributed by atoms with Gasteiger partial charge in [-0.3, -0.25) is 9.59 Å². The van der Waals surface area contributed by atoms with Gasteiger partial charge in [0.05, 0.1) is 7.11 Å². The molecule has 0 unspecified atom stereocenters. The number of fused-ring (bicyclic) bond motifs is 1. The number of benzene rings is 2. The first kappa shape index (κ1) is 23.9. The summed E-state index contributed by atoms with van der Waals surface area (Å²) in [6.07, 6.45) is 2.61.